The Bertz CT molecular complexity index is 1320. The first-order valence-electron chi connectivity index (χ1n) is 10.6. The van der Waals surface area contributed by atoms with Gasteiger partial charge in [0.15, 0.2) is 0 Å². The van der Waals surface area contributed by atoms with Gasteiger partial charge < -0.3 is 5.32 Å². The predicted octanol–water partition coefficient (Wildman–Crippen LogP) is 4.07. The van der Waals surface area contributed by atoms with Crippen molar-refractivity contribution in [3.63, 3.8) is 0 Å². The van der Waals surface area contributed by atoms with Gasteiger partial charge in [0, 0.05) is 22.8 Å². The number of hydrogen-bond donors (Lipinski definition) is 1. The molecular formula is C25H19ClFN3O3S. The number of carbonyl (C=O) groups is 3. The van der Waals surface area contributed by atoms with Crippen LogP contribution in [0.2, 0.25) is 5.02 Å². The molecule has 172 valence electrons. The van der Waals surface area contributed by atoms with Crippen LogP contribution in [0, 0.1) is 5.82 Å². The number of nitrogens with zero attached hydrogens (tertiary/aromatic N) is 2. The second-order valence-electron chi connectivity index (χ2n) is 7.92. The molecule has 1 saturated heterocycles. The van der Waals surface area contributed by atoms with Crippen molar-refractivity contribution in [3.05, 3.63) is 94.8 Å². The molecule has 9 heteroatoms. The molecule has 0 unspecified atom stereocenters. The van der Waals surface area contributed by atoms with E-state index in [0.717, 1.165) is 5.56 Å². The molecule has 2 aliphatic heterocycles. The van der Waals surface area contributed by atoms with E-state index in [-0.39, 0.29) is 30.7 Å². The lowest BCUT2D eigenvalue weighted by molar-refractivity contribution is -0.125. The largest absolute Gasteiger partial charge is 0.350 e. The second kappa shape index (κ2) is 8.77. The van der Waals surface area contributed by atoms with E-state index in [1.807, 2.05) is 12.1 Å². The summed E-state index contributed by atoms with van der Waals surface area (Å²) in [4.78, 5) is 41.0. The fourth-order valence-electron chi connectivity index (χ4n) is 4.36. The van der Waals surface area contributed by atoms with E-state index in [4.69, 9.17) is 11.6 Å². The molecule has 1 fully saturated rings. The van der Waals surface area contributed by atoms with E-state index in [0.29, 0.717) is 22.0 Å². The van der Waals surface area contributed by atoms with Crippen LogP contribution in [0.4, 0.5) is 15.8 Å². The molecular weight excluding hydrogens is 477 g/mol. The van der Waals surface area contributed by atoms with Gasteiger partial charge in [-0.05, 0) is 35.9 Å². The monoisotopic (exact) mass is 495 g/mol. The van der Waals surface area contributed by atoms with Gasteiger partial charge in [-0.15, -0.1) is 11.8 Å². The maximum absolute atomic E-state index is 14.0. The summed E-state index contributed by atoms with van der Waals surface area (Å²) >= 11 is 7.34. The van der Waals surface area contributed by atoms with Crippen LogP contribution in [-0.4, -0.2) is 30.0 Å². The van der Waals surface area contributed by atoms with Crippen LogP contribution < -0.4 is 15.1 Å². The summed E-state index contributed by atoms with van der Waals surface area (Å²) in [6.07, 6.45) is 0. The quantitative estimate of drug-likeness (QED) is 0.579. The standard InChI is InChI=1S/C25H19ClFN3O3S/c26-20-10-3-1-6-16(20)13-28-22(31)14-29-21-11-4-2-9-19(21)25(24(29)33)30(23(32)15-34-25)18-8-5-7-17(27)12-18/h1-12H,13-15H2,(H,28,31)/t25-/m0/s1. The molecule has 0 bridgehead atoms. The van der Waals surface area contributed by atoms with Gasteiger partial charge >= 0.3 is 0 Å². The highest BCUT2D eigenvalue weighted by Crippen LogP contribution is 2.55. The second-order valence-corrected chi connectivity index (χ2v) is 9.49. The molecule has 5 rings (SSSR count). The summed E-state index contributed by atoms with van der Waals surface area (Å²) in [7, 11) is 0. The van der Waals surface area contributed by atoms with Gasteiger partial charge in [-0.25, -0.2) is 4.39 Å². The molecule has 1 N–H and O–H groups in total. The fourth-order valence-corrected chi connectivity index (χ4v) is 5.92. The average molecular weight is 496 g/mol. The Balaban J connectivity index is 1.46. The number of nitrogens with one attached hydrogen (secondary N) is 1. The normalized spacial score (nSPS) is 19.1. The van der Waals surface area contributed by atoms with Gasteiger partial charge in [0.05, 0.1) is 11.4 Å². The summed E-state index contributed by atoms with van der Waals surface area (Å²) in [5, 5.41) is 3.34. The van der Waals surface area contributed by atoms with Crippen LogP contribution in [-0.2, 0) is 25.8 Å². The molecule has 34 heavy (non-hydrogen) atoms. The minimum absolute atomic E-state index is 0.0587. The van der Waals surface area contributed by atoms with Gasteiger partial charge in [0.25, 0.3) is 5.91 Å². The summed E-state index contributed by atoms with van der Waals surface area (Å²) in [6, 6.07) is 19.9. The molecule has 2 aliphatic rings. The zero-order valence-electron chi connectivity index (χ0n) is 17.8. The number of para-hydroxylation sites is 1. The first-order chi connectivity index (χ1) is 16.4. The first kappa shape index (κ1) is 22.4. The zero-order chi connectivity index (χ0) is 23.9. The van der Waals surface area contributed by atoms with Crippen LogP contribution in [0.3, 0.4) is 0 Å². The number of rotatable bonds is 5. The van der Waals surface area contributed by atoms with Gasteiger partial charge in [-0.3, -0.25) is 24.2 Å². The van der Waals surface area contributed by atoms with E-state index < -0.39 is 16.6 Å². The van der Waals surface area contributed by atoms with E-state index in [1.165, 1.54) is 39.8 Å². The lowest BCUT2D eigenvalue weighted by Crippen LogP contribution is -2.51. The van der Waals surface area contributed by atoms with Crippen LogP contribution >= 0.6 is 23.4 Å². The minimum atomic E-state index is -1.40. The number of carbonyl (C=O) groups excluding carboxylic acids is 3. The van der Waals surface area contributed by atoms with Gasteiger partial charge in [0.1, 0.15) is 12.4 Å². The van der Waals surface area contributed by atoms with Gasteiger partial charge in [0.2, 0.25) is 16.7 Å². The SMILES string of the molecule is O=C(CN1C(=O)[C@@]2(SCC(=O)N2c2cccc(F)c2)c2ccccc21)NCc1ccccc1Cl. The Hall–Kier alpha value is -3.36. The molecule has 3 aromatic carbocycles. The molecule has 3 amide bonds. The highest BCUT2D eigenvalue weighted by molar-refractivity contribution is 8.02. The van der Waals surface area contributed by atoms with Crippen LogP contribution in [0.15, 0.2) is 72.8 Å². The third kappa shape index (κ3) is 3.63. The first-order valence-corrected chi connectivity index (χ1v) is 11.9. The number of thioether (sulfide) groups is 1. The Labute approximate surface area is 204 Å². The highest BCUT2D eigenvalue weighted by Gasteiger charge is 2.61. The molecule has 0 saturated carbocycles. The maximum Gasteiger partial charge on any atom is 0.269 e. The molecule has 3 aromatic rings. The number of benzene rings is 3. The van der Waals surface area contributed by atoms with Crippen LogP contribution in [0.1, 0.15) is 11.1 Å². The summed E-state index contributed by atoms with van der Waals surface area (Å²) < 4.78 is 14.0. The van der Waals surface area contributed by atoms with E-state index >= 15 is 0 Å². The number of fused-ring (bicyclic) bond motifs is 2. The van der Waals surface area contributed by atoms with Crippen molar-refractivity contribution in [1.82, 2.24) is 5.32 Å². The van der Waals surface area contributed by atoms with Gasteiger partial charge in [-0.2, -0.15) is 0 Å². The van der Waals surface area contributed by atoms with Crippen molar-refractivity contribution in [2.24, 2.45) is 0 Å². The summed E-state index contributed by atoms with van der Waals surface area (Å²) in [6.45, 7) is -0.0101. The third-order valence-corrected chi connectivity index (χ3v) is 7.62. The Kier molecular flexibility index (Phi) is 5.79. The van der Waals surface area contributed by atoms with E-state index in [2.05, 4.69) is 5.32 Å². The number of hydrogen-bond acceptors (Lipinski definition) is 4. The van der Waals surface area contributed by atoms with Gasteiger partial charge in [-0.1, -0.05) is 54.1 Å². The van der Waals surface area contributed by atoms with E-state index in [9.17, 15) is 18.8 Å². The van der Waals surface area contributed by atoms with Crippen LogP contribution in [0.25, 0.3) is 0 Å². The molecule has 0 aromatic heterocycles. The van der Waals surface area contributed by atoms with E-state index in [1.54, 1.807) is 42.5 Å². The zero-order valence-corrected chi connectivity index (χ0v) is 19.4. The van der Waals surface area contributed by atoms with Crippen molar-refractivity contribution >= 4 is 52.5 Å². The average Bonchev–Trinajstić information content (AvgIpc) is 3.29. The van der Waals surface area contributed by atoms with Crippen molar-refractivity contribution in [1.29, 1.82) is 0 Å². The topological polar surface area (TPSA) is 69.7 Å². The van der Waals surface area contributed by atoms with Crippen molar-refractivity contribution in [3.8, 4) is 0 Å². The van der Waals surface area contributed by atoms with Crippen molar-refractivity contribution in [2.75, 3.05) is 22.1 Å². The summed E-state index contributed by atoms with van der Waals surface area (Å²) in [5.74, 6) is -1.53. The molecule has 0 aliphatic carbocycles. The van der Waals surface area contributed by atoms with Crippen LogP contribution in [0.5, 0.6) is 0 Å². The maximum atomic E-state index is 14.0. The molecule has 1 atom stereocenters. The highest BCUT2D eigenvalue weighted by atomic mass is 35.5. The molecule has 1 spiro atoms. The lowest BCUT2D eigenvalue weighted by Gasteiger charge is -2.33. The molecule has 2 heterocycles. The number of amides is 3. The minimum Gasteiger partial charge on any atom is -0.350 e. The van der Waals surface area contributed by atoms with Crippen molar-refractivity contribution < 1.29 is 18.8 Å². The lowest BCUT2D eigenvalue weighted by atomic mass is 10.0. The molecule has 0 radical (unpaired) electrons. The predicted molar refractivity (Wildman–Crippen MR) is 130 cm³/mol. The smallest absolute Gasteiger partial charge is 0.269 e. The Morgan fingerprint density at radius 1 is 1.06 bits per heavy atom. The number of halogens is 2. The Morgan fingerprint density at radius 2 is 1.82 bits per heavy atom. The molecule has 6 nitrogen and oxygen atoms in total. The third-order valence-electron chi connectivity index (χ3n) is 5.87. The Morgan fingerprint density at radius 3 is 2.62 bits per heavy atom. The summed E-state index contributed by atoms with van der Waals surface area (Å²) in [5.41, 5.74) is 2.20. The van der Waals surface area contributed by atoms with Crippen molar-refractivity contribution in [2.45, 2.75) is 11.4 Å². The number of anilines is 2. The fraction of sp³-hybridized carbons (Fsp3) is 0.160.